The van der Waals surface area contributed by atoms with Gasteiger partial charge in [0.2, 0.25) is 0 Å². The molecular formula is C22H28N4+2. The Morgan fingerprint density at radius 2 is 1.85 bits per heavy atom. The number of H-pyrrole nitrogens is 1. The summed E-state index contributed by atoms with van der Waals surface area (Å²) in [6, 6.07) is 18.0. The Balaban J connectivity index is 1.78. The van der Waals surface area contributed by atoms with Crippen LogP contribution in [0.1, 0.15) is 25.8 Å². The number of hydrogen-bond acceptors (Lipinski definition) is 0. The van der Waals surface area contributed by atoms with Crippen molar-refractivity contribution in [1.82, 2.24) is 9.55 Å². The van der Waals surface area contributed by atoms with Gasteiger partial charge in [-0.2, -0.15) is 4.40 Å². The van der Waals surface area contributed by atoms with Crippen molar-refractivity contribution in [3.8, 4) is 11.3 Å². The number of aromatic amines is 1. The monoisotopic (exact) mass is 348 g/mol. The van der Waals surface area contributed by atoms with E-state index in [0.29, 0.717) is 6.04 Å². The molecule has 26 heavy (non-hydrogen) atoms. The standard InChI is InChI=1S/C22H26N4/c1-16(2)23-13-6-14-25-21(18-11-9-17(3)10-12-18)15-26-20-8-5-4-7-19(20)24-22(25)26/h4-5,7-12,15-16,23H,6,13-14H2,1-3H3/p+2. The summed E-state index contributed by atoms with van der Waals surface area (Å²) >= 11 is 0. The van der Waals surface area contributed by atoms with Crippen LogP contribution in [0.2, 0.25) is 0 Å². The smallest absolute Gasteiger partial charge is 0.344 e. The molecule has 0 radical (unpaired) electrons. The second-order valence-corrected chi connectivity index (χ2v) is 7.49. The zero-order chi connectivity index (χ0) is 18.1. The van der Waals surface area contributed by atoms with E-state index in [2.05, 4.69) is 94.8 Å². The Labute approximate surface area is 154 Å². The maximum Gasteiger partial charge on any atom is 0.368 e. The van der Waals surface area contributed by atoms with E-state index in [-0.39, 0.29) is 0 Å². The van der Waals surface area contributed by atoms with Gasteiger partial charge in [-0.3, -0.25) is 0 Å². The number of para-hydroxylation sites is 2. The molecule has 134 valence electrons. The molecule has 4 rings (SSSR count). The summed E-state index contributed by atoms with van der Waals surface area (Å²) < 4.78 is 4.72. The van der Waals surface area contributed by atoms with E-state index >= 15 is 0 Å². The molecule has 0 aliphatic carbocycles. The molecule has 4 nitrogen and oxygen atoms in total. The molecule has 0 amide bonds. The SMILES string of the molecule is Cc1ccc(-c2c[n+]3c4ccccc4[nH]c3n2CCC[NH2+]C(C)C)cc1. The first-order valence-corrected chi connectivity index (χ1v) is 9.55. The average Bonchev–Trinajstić information content (AvgIpc) is 3.16. The molecule has 0 aliphatic rings. The molecule has 2 heterocycles. The molecule has 0 bridgehead atoms. The Kier molecular flexibility index (Phi) is 4.51. The van der Waals surface area contributed by atoms with Gasteiger partial charge in [0.1, 0.15) is 22.9 Å². The van der Waals surface area contributed by atoms with Crippen LogP contribution in [0.3, 0.4) is 0 Å². The van der Waals surface area contributed by atoms with Gasteiger partial charge >= 0.3 is 5.78 Å². The van der Waals surface area contributed by atoms with Crippen molar-refractivity contribution in [2.75, 3.05) is 6.54 Å². The summed E-state index contributed by atoms with van der Waals surface area (Å²) in [7, 11) is 0. The lowest BCUT2D eigenvalue weighted by molar-refractivity contribution is -0.683. The molecule has 2 aromatic carbocycles. The normalized spacial score (nSPS) is 11.8. The second kappa shape index (κ2) is 6.96. The van der Waals surface area contributed by atoms with Gasteiger partial charge in [-0.1, -0.05) is 42.0 Å². The number of rotatable bonds is 6. The quantitative estimate of drug-likeness (QED) is 0.397. The molecule has 4 aromatic rings. The largest absolute Gasteiger partial charge is 0.368 e. The summed E-state index contributed by atoms with van der Waals surface area (Å²) in [5.41, 5.74) is 6.24. The van der Waals surface area contributed by atoms with Crippen molar-refractivity contribution in [3.05, 3.63) is 60.3 Å². The van der Waals surface area contributed by atoms with Gasteiger partial charge in [-0.15, -0.1) is 0 Å². The van der Waals surface area contributed by atoms with Gasteiger partial charge < -0.3 is 5.32 Å². The number of benzene rings is 2. The molecule has 0 unspecified atom stereocenters. The Bertz CT molecular complexity index is 1020. The molecule has 0 fully saturated rings. The minimum atomic E-state index is 0.652. The first-order valence-electron chi connectivity index (χ1n) is 9.55. The van der Waals surface area contributed by atoms with Crippen LogP contribution in [0.4, 0.5) is 0 Å². The molecule has 0 spiro atoms. The number of quaternary nitrogens is 1. The van der Waals surface area contributed by atoms with E-state index in [0.717, 1.165) is 25.3 Å². The summed E-state index contributed by atoms with van der Waals surface area (Å²) in [5.74, 6) is 1.16. The number of fused-ring (bicyclic) bond motifs is 3. The summed E-state index contributed by atoms with van der Waals surface area (Å²) in [6.07, 6.45) is 3.42. The molecule has 4 heteroatoms. The van der Waals surface area contributed by atoms with Crippen LogP contribution in [0, 0.1) is 6.92 Å². The van der Waals surface area contributed by atoms with Crippen molar-refractivity contribution < 1.29 is 9.72 Å². The lowest BCUT2D eigenvalue weighted by Crippen LogP contribution is -2.88. The molecule has 0 atom stereocenters. The van der Waals surface area contributed by atoms with Crippen molar-refractivity contribution >= 4 is 16.8 Å². The third-order valence-corrected chi connectivity index (χ3v) is 5.01. The van der Waals surface area contributed by atoms with E-state index in [9.17, 15) is 0 Å². The molecule has 0 saturated carbocycles. The number of nitrogens with zero attached hydrogens (tertiary/aromatic N) is 2. The summed E-state index contributed by atoms with van der Waals surface area (Å²) in [6.45, 7) is 8.79. The zero-order valence-electron chi connectivity index (χ0n) is 15.9. The lowest BCUT2D eigenvalue weighted by atomic mass is 10.1. The van der Waals surface area contributed by atoms with Gasteiger partial charge in [0.25, 0.3) is 0 Å². The number of hydrogen-bond donors (Lipinski definition) is 2. The minimum absolute atomic E-state index is 0.652. The highest BCUT2D eigenvalue weighted by Gasteiger charge is 2.22. The maximum atomic E-state index is 3.61. The zero-order valence-corrected chi connectivity index (χ0v) is 15.9. The Morgan fingerprint density at radius 1 is 1.08 bits per heavy atom. The van der Waals surface area contributed by atoms with E-state index in [1.54, 1.807) is 0 Å². The maximum absolute atomic E-state index is 3.61. The van der Waals surface area contributed by atoms with Crippen LogP contribution in [-0.4, -0.2) is 22.1 Å². The van der Waals surface area contributed by atoms with Gasteiger partial charge in [0, 0.05) is 12.0 Å². The molecule has 2 aromatic heterocycles. The van der Waals surface area contributed by atoms with E-state index in [1.165, 1.54) is 27.9 Å². The number of aryl methyl sites for hydroxylation is 2. The van der Waals surface area contributed by atoms with Gasteiger partial charge in [0.15, 0.2) is 0 Å². The average molecular weight is 348 g/mol. The minimum Gasteiger partial charge on any atom is -0.344 e. The summed E-state index contributed by atoms with van der Waals surface area (Å²) in [4.78, 5) is 3.61. The van der Waals surface area contributed by atoms with E-state index in [1.807, 2.05) is 0 Å². The highest BCUT2D eigenvalue weighted by molar-refractivity contribution is 5.74. The fourth-order valence-corrected chi connectivity index (χ4v) is 3.60. The van der Waals surface area contributed by atoms with Crippen molar-refractivity contribution in [2.24, 2.45) is 0 Å². The fraction of sp³-hybridized carbons (Fsp3) is 0.318. The number of nitrogens with one attached hydrogen (secondary N) is 1. The Morgan fingerprint density at radius 3 is 2.62 bits per heavy atom. The van der Waals surface area contributed by atoms with E-state index < -0.39 is 0 Å². The van der Waals surface area contributed by atoms with Crippen LogP contribution < -0.4 is 9.72 Å². The highest BCUT2D eigenvalue weighted by Crippen LogP contribution is 2.23. The molecule has 0 saturated heterocycles. The molecular weight excluding hydrogens is 320 g/mol. The van der Waals surface area contributed by atoms with Crippen LogP contribution >= 0.6 is 0 Å². The predicted molar refractivity (Wildman–Crippen MR) is 106 cm³/mol. The van der Waals surface area contributed by atoms with Crippen molar-refractivity contribution in [2.45, 2.75) is 39.8 Å². The topological polar surface area (TPSA) is 41.4 Å². The Hall–Kier alpha value is -2.59. The third-order valence-electron chi connectivity index (χ3n) is 5.01. The van der Waals surface area contributed by atoms with Crippen LogP contribution in [0.25, 0.3) is 28.1 Å². The molecule has 0 aliphatic heterocycles. The lowest BCUT2D eigenvalue weighted by Gasteiger charge is -2.06. The fourth-order valence-electron chi connectivity index (χ4n) is 3.60. The van der Waals surface area contributed by atoms with Gasteiger partial charge in [-0.25, -0.2) is 9.55 Å². The number of aromatic nitrogens is 3. The predicted octanol–water partition coefficient (Wildman–Crippen LogP) is 3.05. The van der Waals surface area contributed by atoms with E-state index in [4.69, 9.17) is 0 Å². The summed E-state index contributed by atoms with van der Waals surface area (Å²) in [5, 5.41) is 2.41. The first kappa shape index (κ1) is 16.9. The van der Waals surface area contributed by atoms with Crippen molar-refractivity contribution in [1.29, 1.82) is 0 Å². The van der Waals surface area contributed by atoms with Crippen LogP contribution in [0.5, 0.6) is 0 Å². The van der Waals surface area contributed by atoms with Crippen LogP contribution in [0.15, 0.2) is 54.7 Å². The third kappa shape index (κ3) is 3.13. The first-order chi connectivity index (χ1) is 12.6. The van der Waals surface area contributed by atoms with Gasteiger partial charge in [0.05, 0.1) is 19.1 Å². The van der Waals surface area contributed by atoms with Crippen molar-refractivity contribution in [3.63, 3.8) is 0 Å². The second-order valence-electron chi connectivity index (χ2n) is 7.49. The highest BCUT2D eigenvalue weighted by atomic mass is 15.2. The number of imidazole rings is 2. The van der Waals surface area contributed by atoms with Gasteiger partial charge in [-0.05, 0) is 32.9 Å². The van der Waals surface area contributed by atoms with Crippen LogP contribution in [-0.2, 0) is 6.54 Å². The number of nitrogens with two attached hydrogens (primary N) is 1. The molecule has 3 N–H and O–H groups in total.